The van der Waals surface area contributed by atoms with Crippen LogP contribution in [0.4, 0.5) is 8.78 Å². The van der Waals surface area contributed by atoms with Gasteiger partial charge in [-0.2, -0.15) is 0 Å². The zero-order chi connectivity index (χ0) is 20.3. The van der Waals surface area contributed by atoms with Gasteiger partial charge >= 0.3 is 0 Å². The van der Waals surface area contributed by atoms with Crippen LogP contribution in [0.3, 0.4) is 0 Å². The third-order valence-corrected chi connectivity index (χ3v) is 5.04. The molecule has 1 aliphatic heterocycles. The van der Waals surface area contributed by atoms with Crippen LogP contribution in [0.1, 0.15) is 36.4 Å². The van der Waals surface area contributed by atoms with Crippen LogP contribution in [-0.2, 0) is 9.59 Å². The number of halogens is 3. The van der Waals surface area contributed by atoms with Crippen LogP contribution in [0.15, 0.2) is 48.5 Å². The fraction of sp³-hybridized carbons (Fsp3) is 0.333. The van der Waals surface area contributed by atoms with Gasteiger partial charge in [0.15, 0.2) is 0 Å². The molecule has 1 aliphatic rings. The normalized spacial score (nSPS) is 19.4. The van der Waals surface area contributed by atoms with Gasteiger partial charge in [-0.3, -0.25) is 9.59 Å². The van der Waals surface area contributed by atoms with E-state index in [4.69, 9.17) is 5.73 Å². The molecule has 3 N–H and O–H groups in total. The minimum Gasteiger partial charge on any atom is -0.349 e. The van der Waals surface area contributed by atoms with E-state index in [0.29, 0.717) is 13.1 Å². The van der Waals surface area contributed by atoms with Gasteiger partial charge in [-0.25, -0.2) is 8.78 Å². The third-order valence-electron chi connectivity index (χ3n) is 5.04. The van der Waals surface area contributed by atoms with Crippen molar-refractivity contribution in [2.75, 3.05) is 13.1 Å². The molecule has 0 spiro atoms. The second-order valence-corrected chi connectivity index (χ2v) is 7.10. The number of benzene rings is 2. The van der Waals surface area contributed by atoms with Gasteiger partial charge in [-0.1, -0.05) is 36.4 Å². The molecule has 156 valence electrons. The monoisotopic (exact) mass is 423 g/mol. The van der Waals surface area contributed by atoms with E-state index in [-0.39, 0.29) is 42.3 Å². The molecule has 0 saturated carbocycles. The molecule has 3 atom stereocenters. The quantitative estimate of drug-likeness (QED) is 0.776. The summed E-state index contributed by atoms with van der Waals surface area (Å²) in [6, 6.07) is 11.8. The van der Waals surface area contributed by atoms with Crippen LogP contribution in [0.5, 0.6) is 0 Å². The Labute approximate surface area is 174 Å². The van der Waals surface area contributed by atoms with Gasteiger partial charge in [0.25, 0.3) is 0 Å². The Morgan fingerprint density at radius 1 is 1.17 bits per heavy atom. The molecule has 2 aromatic rings. The van der Waals surface area contributed by atoms with Crippen LogP contribution in [-0.4, -0.2) is 35.8 Å². The highest BCUT2D eigenvalue weighted by Crippen LogP contribution is 2.28. The third kappa shape index (κ3) is 5.52. The van der Waals surface area contributed by atoms with E-state index in [1.807, 2.05) is 30.3 Å². The average molecular weight is 424 g/mol. The molecular formula is C21H24ClF2N3O2. The molecule has 8 heteroatoms. The van der Waals surface area contributed by atoms with E-state index in [0.717, 1.165) is 17.7 Å². The number of nitrogens with one attached hydrogen (secondary N) is 1. The molecule has 2 amide bonds. The first-order valence-electron chi connectivity index (χ1n) is 9.15. The molecule has 1 unspecified atom stereocenters. The van der Waals surface area contributed by atoms with Crippen molar-refractivity contribution in [1.29, 1.82) is 0 Å². The first-order chi connectivity index (χ1) is 13.3. The van der Waals surface area contributed by atoms with E-state index in [9.17, 15) is 18.4 Å². The predicted octanol–water partition coefficient (Wildman–Crippen LogP) is 2.91. The van der Waals surface area contributed by atoms with Crippen LogP contribution in [0.2, 0.25) is 0 Å². The summed E-state index contributed by atoms with van der Waals surface area (Å²) < 4.78 is 27.4. The first kappa shape index (κ1) is 22.8. The van der Waals surface area contributed by atoms with Crippen LogP contribution < -0.4 is 11.1 Å². The molecule has 1 fully saturated rings. The number of nitrogens with zero attached hydrogens (tertiary/aromatic N) is 1. The summed E-state index contributed by atoms with van der Waals surface area (Å²) in [7, 11) is 0. The van der Waals surface area contributed by atoms with Gasteiger partial charge in [0.1, 0.15) is 11.6 Å². The van der Waals surface area contributed by atoms with E-state index >= 15 is 0 Å². The molecule has 0 aromatic heterocycles. The molecular weight excluding hydrogens is 400 g/mol. The first-order valence-corrected chi connectivity index (χ1v) is 9.15. The number of carbonyl (C=O) groups is 2. The topological polar surface area (TPSA) is 75.4 Å². The number of nitrogens with two attached hydrogens (primary N) is 1. The lowest BCUT2D eigenvalue weighted by molar-refractivity contribution is -0.131. The van der Waals surface area contributed by atoms with E-state index in [1.165, 1.54) is 13.0 Å². The molecule has 1 saturated heterocycles. The van der Waals surface area contributed by atoms with Crippen molar-refractivity contribution in [1.82, 2.24) is 10.2 Å². The highest BCUT2D eigenvalue weighted by molar-refractivity contribution is 5.85. The van der Waals surface area contributed by atoms with Crippen molar-refractivity contribution in [3.05, 3.63) is 71.3 Å². The Balaban J connectivity index is 0.00000300. The number of hydrogen-bond donors (Lipinski definition) is 2. The zero-order valence-corrected chi connectivity index (χ0v) is 16.8. The largest absolute Gasteiger partial charge is 0.349 e. The molecule has 2 aromatic carbocycles. The summed E-state index contributed by atoms with van der Waals surface area (Å²) in [4.78, 5) is 26.0. The van der Waals surface area contributed by atoms with E-state index in [2.05, 4.69) is 5.32 Å². The fourth-order valence-electron chi connectivity index (χ4n) is 3.66. The van der Waals surface area contributed by atoms with Crippen LogP contribution in [0.25, 0.3) is 0 Å². The Morgan fingerprint density at radius 3 is 2.48 bits per heavy atom. The summed E-state index contributed by atoms with van der Waals surface area (Å²) in [6.45, 7) is 2.13. The predicted molar refractivity (Wildman–Crippen MR) is 109 cm³/mol. The molecule has 3 rings (SSSR count). The van der Waals surface area contributed by atoms with Crippen molar-refractivity contribution in [2.24, 2.45) is 5.73 Å². The number of amides is 2. The molecule has 29 heavy (non-hydrogen) atoms. The molecule has 0 bridgehead atoms. The Bertz CT molecular complexity index is 866. The van der Waals surface area contributed by atoms with Crippen molar-refractivity contribution in [3.63, 3.8) is 0 Å². The number of likely N-dealkylation sites (tertiary alicyclic amines) is 1. The standard InChI is InChI=1S/C21H23F2N3O2.ClH/c1-13(27)25-20(16-8-7-15(22)9-18(16)23)10-21(28)26-11-17(19(24)12-26)14-5-3-2-4-6-14;/h2-9,17,19-20H,10-12,24H2,1H3,(H,25,27);1H/t17-,19+,20?;/m0./s1. The minimum atomic E-state index is -0.877. The number of carbonyl (C=O) groups excluding carboxylic acids is 2. The number of hydrogen-bond acceptors (Lipinski definition) is 3. The van der Waals surface area contributed by atoms with Crippen molar-refractivity contribution >= 4 is 24.2 Å². The maximum absolute atomic E-state index is 14.2. The lowest BCUT2D eigenvalue weighted by Gasteiger charge is -2.22. The summed E-state index contributed by atoms with van der Waals surface area (Å²) in [6.07, 6.45) is -0.129. The molecule has 1 heterocycles. The minimum absolute atomic E-state index is 0. The van der Waals surface area contributed by atoms with Gasteiger partial charge in [-0.15, -0.1) is 12.4 Å². The summed E-state index contributed by atoms with van der Waals surface area (Å²) in [5, 5.41) is 2.58. The summed E-state index contributed by atoms with van der Waals surface area (Å²) >= 11 is 0. The molecule has 5 nitrogen and oxygen atoms in total. The van der Waals surface area contributed by atoms with Gasteiger partial charge in [0, 0.05) is 43.6 Å². The van der Waals surface area contributed by atoms with Crippen molar-refractivity contribution in [2.45, 2.75) is 31.3 Å². The van der Waals surface area contributed by atoms with Crippen LogP contribution in [0, 0.1) is 11.6 Å². The lowest BCUT2D eigenvalue weighted by Crippen LogP contribution is -2.36. The van der Waals surface area contributed by atoms with Gasteiger partial charge in [0.05, 0.1) is 12.5 Å². The van der Waals surface area contributed by atoms with Crippen molar-refractivity contribution < 1.29 is 18.4 Å². The summed E-state index contributed by atoms with van der Waals surface area (Å²) in [5.41, 5.74) is 7.38. The van der Waals surface area contributed by atoms with Crippen molar-refractivity contribution in [3.8, 4) is 0 Å². The second-order valence-electron chi connectivity index (χ2n) is 7.10. The average Bonchev–Trinajstić information content (AvgIpc) is 3.03. The smallest absolute Gasteiger partial charge is 0.225 e. The number of rotatable bonds is 5. The zero-order valence-electron chi connectivity index (χ0n) is 16.0. The fourth-order valence-corrected chi connectivity index (χ4v) is 3.66. The maximum atomic E-state index is 14.2. The van der Waals surface area contributed by atoms with E-state index in [1.54, 1.807) is 4.90 Å². The molecule has 0 radical (unpaired) electrons. The highest BCUT2D eigenvalue weighted by atomic mass is 35.5. The SMILES string of the molecule is CC(=O)NC(CC(=O)N1C[C@@H](N)[C@H](c2ccccc2)C1)c1ccc(F)cc1F.Cl. The van der Waals surface area contributed by atoms with E-state index < -0.39 is 23.6 Å². The maximum Gasteiger partial charge on any atom is 0.225 e. The lowest BCUT2D eigenvalue weighted by atomic mass is 9.95. The van der Waals surface area contributed by atoms with Gasteiger partial charge in [-0.05, 0) is 11.6 Å². The summed E-state index contributed by atoms with van der Waals surface area (Å²) in [5.74, 6) is -2.14. The van der Waals surface area contributed by atoms with Crippen LogP contribution >= 0.6 is 12.4 Å². The Morgan fingerprint density at radius 2 is 1.86 bits per heavy atom. The highest BCUT2D eigenvalue weighted by Gasteiger charge is 2.35. The second kappa shape index (κ2) is 9.80. The van der Waals surface area contributed by atoms with Gasteiger partial charge in [0.2, 0.25) is 11.8 Å². The Hall–Kier alpha value is -2.51. The van der Waals surface area contributed by atoms with Gasteiger partial charge < -0.3 is 16.0 Å². The molecule has 0 aliphatic carbocycles. The Kier molecular flexibility index (Phi) is 7.70.